The predicted octanol–water partition coefficient (Wildman–Crippen LogP) is 8.16. The van der Waals surface area contributed by atoms with Crippen molar-refractivity contribution in [3.8, 4) is 0 Å². The summed E-state index contributed by atoms with van der Waals surface area (Å²) in [5, 5.41) is 4.46. The van der Waals surface area contributed by atoms with E-state index in [1.807, 2.05) is 6.07 Å². The van der Waals surface area contributed by atoms with Crippen LogP contribution in [-0.2, 0) is 11.2 Å². The van der Waals surface area contributed by atoms with Crippen LogP contribution in [0.4, 0.5) is 0 Å². The van der Waals surface area contributed by atoms with Gasteiger partial charge in [-0.3, -0.25) is 4.79 Å². The number of H-pyrrole nitrogens is 1. The Bertz CT molecular complexity index is 835. The minimum absolute atomic E-state index is 0.0923. The molecule has 0 saturated heterocycles. The van der Waals surface area contributed by atoms with Gasteiger partial charge in [-0.15, -0.1) is 0 Å². The number of para-hydroxylation sites is 1. The summed E-state index contributed by atoms with van der Waals surface area (Å²) < 4.78 is 0.629. The first-order chi connectivity index (χ1) is 17.4. The summed E-state index contributed by atoms with van der Waals surface area (Å²) in [4.78, 5) is 16.4. The summed E-state index contributed by atoms with van der Waals surface area (Å²) in [6.07, 6.45) is 24.8. The van der Waals surface area contributed by atoms with Crippen molar-refractivity contribution in [1.82, 2.24) is 10.3 Å². The molecule has 0 aliphatic carbocycles. The lowest BCUT2D eigenvalue weighted by Gasteiger charge is -2.33. The number of likely N-dealkylation sites (N-methyl/N-ethyl adjacent to an activating group) is 1. The van der Waals surface area contributed by atoms with Crippen LogP contribution >= 0.6 is 0 Å². The zero-order chi connectivity index (χ0) is 26.1. The maximum atomic E-state index is 13.1. The van der Waals surface area contributed by atoms with E-state index in [-0.39, 0.29) is 11.9 Å². The van der Waals surface area contributed by atoms with Crippen LogP contribution in [-0.4, -0.2) is 49.1 Å². The molecule has 0 saturated carbocycles. The smallest absolute Gasteiger partial charge is 0.278 e. The number of nitrogens with one attached hydrogen (secondary N) is 2. The van der Waals surface area contributed by atoms with Crippen LogP contribution in [0.3, 0.4) is 0 Å². The number of benzene rings is 1. The first-order valence-corrected chi connectivity index (χ1v) is 15.1. The first kappa shape index (κ1) is 30.4. The van der Waals surface area contributed by atoms with Crippen molar-refractivity contribution in [1.29, 1.82) is 0 Å². The lowest BCUT2D eigenvalue weighted by Crippen LogP contribution is -2.55. The van der Waals surface area contributed by atoms with Gasteiger partial charge in [0.25, 0.3) is 5.91 Å². The fraction of sp³-hybridized carbons (Fsp3) is 0.719. The zero-order valence-electron chi connectivity index (χ0n) is 24.0. The minimum atomic E-state index is -0.0923. The number of aromatic nitrogens is 1. The monoisotopic (exact) mass is 498 g/mol. The molecule has 0 radical (unpaired) electrons. The van der Waals surface area contributed by atoms with Crippen molar-refractivity contribution >= 4 is 16.8 Å². The fourth-order valence-electron chi connectivity index (χ4n) is 5.23. The van der Waals surface area contributed by atoms with Crippen LogP contribution in [0.2, 0.25) is 0 Å². The minimum Gasteiger partial charge on any atom is -0.361 e. The first-order valence-electron chi connectivity index (χ1n) is 15.1. The van der Waals surface area contributed by atoms with E-state index in [4.69, 9.17) is 0 Å². The van der Waals surface area contributed by atoms with E-state index in [9.17, 15) is 4.79 Å². The Kier molecular flexibility index (Phi) is 14.9. The van der Waals surface area contributed by atoms with E-state index < -0.39 is 0 Å². The second-order valence-corrected chi connectivity index (χ2v) is 11.8. The van der Waals surface area contributed by atoms with Gasteiger partial charge < -0.3 is 14.8 Å². The fourth-order valence-corrected chi connectivity index (χ4v) is 5.23. The quantitative estimate of drug-likeness (QED) is 0.132. The number of fused-ring (bicyclic) bond motifs is 1. The van der Waals surface area contributed by atoms with Crippen LogP contribution in [0, 0.1) is 0 Å². The number of carbonyl (C=O) groups is 1. The molecule has 0 fully saturated rings. The average molecular weight is 499 g/mol. The van der Waals surface area contributed by atoms with Crippen molar-refractivity contribution in [2.45, 2.75) is 122 Å². The summed E-state index contributed by atoms with van der Waals surface area (Å²) in [6.45, 7) is 3.08. The molecule has 1 heterocycles. The molecule has 0 aliphatic heterocycles. The maximum absolute atomic E-state index is 13.1. The lowest BCUT2D eigenvalue weighted by molar-refractivity contribution is -0.886. The Morgan fingerprint density at radius 2 is 1.28 bits per heavy atom. The van der Waals surface area contributed by atoms with Crippen LogP contribution in [0.25, 0.3) is 10.9 Å². The normalized spacial score (nSPS) is 12.8. The molecule has 2 rings (SSSR count). The van der Waals surface area contributed by atoms with Gasteiger partial charge in [0.1, 0.15) is 0 Å². The van der Waals surface area contributed by atoms with Crippen molar-refractivity contribution in [3.05, 3.63) is 36.0 Å². The Morgan fingerprint density at radius 1 is 0.778 bits per heavy atom. The molecule has 4 heteroatoms. The molecule has 0 bridgehead atoms. The Labute approximate surface area is 222 Å². The third kappa shape index (κ3) is 12.0. The number of aromatic amines is 1. The number of nitrogens with zero attached hydrogens (tertiary/aromatic N) is 1. The molecule has 1 unspecified atom stereocenters. The van der Waals surface area contributed by atoms with E-state index >= 15 is 0 Å². The van der Waals surface area contributed by atoms with Gasteiger partial charge in [-0.05, 0) is 18.1 Å². The number of amides is 1. The van der Waals surface area contributed by atoms with Gasteiger partial charge in [0.05, 0.1) is 21.1 Å². The van der Waals surface area contributed by atoms with E-state index in [2.05, 4.69) is 62.8 Å². The second kappa shape index (κ2) is 17.6. The molecule has 4 nitrogen and oxygen atoms in total. The van der Waals surface area contributed by atoms with Crippen molar-refractivity contribution in [3.63, 3.8) is 0 Å². The highest BCUT2D eigenvalue weighted by Gasteiger charge is 2.32. The van der Waals surface area contributed by atoms with Gasteiger partial charge in [0, 0.05) is 30.1 Å². The highest BCUT2D eigenvalue weighted by atomic mass is 16.2. The van der Waals surface area contributed by atoms with Crippen LogP contribution in [0.5, 0.6) is 0 Å². The van der Waals surface area contributed by atoms with E-state index in [1.54, 1.807) is 0 Å². The Hall–Kier alpha value is -1.81. The third-order valence-electron chi connectivity index (χ3n) is 7.66. The van der Waals surface area contributed by atoms with Crippen LogP contribution in [0.1, 0.15) is 115 Å². The number of hydrogen-bond donors (Lipinski definition) is 2. The van der Waals surface area contributed by atoms with Crippen molar-refractivity contribution in [2.75, 3.05) is 27.7 Å². The van der Waals surface area contributed by atoms with Gasteiger partial charge in [-0.25, -0.2) is 0 Å². The summed E-state index contributed by atoms with van der Waals surface area (Å²) in [5.41, 5.74) is 2.36. The molecule has 204 valence electrons. The average Bonchev–Trinajstić information content (AvgIpc) is 3.26. The number of unbranched alkanes of at least 4 members (excludes halogenated alkanes) is 15. The van der Waals surface area contributed by atoms with E-state index in [0.29, 0.717) is 4.48 Å². The molecule has 1 amide bonds. The summed E-state index contributed by atoms with van der Waals surface area (Å²) >= 11 is 0. The largest absolute Gasteiger partial charge is 0.361 e. The van der Waals surface area contributed by atoms with Crippen molar-refractivity contribution in [2.24, 2.45) is 0 Å². The molecule has 1 aromatic carbocycles. The Balaban J connectivity index is 1.50. The second-order valence-electron chi connectivity index (χ2n) is 11.8. The molecule has 0 aliphatic rings. The molecular formula is C32H56N3O+. The van der Waals surface area contributed by atoms with Gasteiger partial charge in [-0.1, -0.05) is 121 Å². The predicted molar refractivity (Wildman–Crippen MR) is 156 cm³/mol. The van der Waals surface area contributed by atoms with E-state index in [1.165, 1.54) is 107 Å². The topological polar surface area (TPSA) is 44.9 Å². The molecule has 1 atom stereocenters. The molecule has 1 aromatic heterocycles. The summed E-state index contributed by atoms with van der Waals surface area (Å²) in [6, 6.07) is 8.26. The summed E-state index contributed by atoms with van der Waals surface area (Å²) in [7, 11) is 6.36. The molecule has 0 spiro atoms. The highest BCUT2D eigenvalue weighted by molar-refractivity contribution is 5.85. The number of quaternary nitrogens is 1. The lowest BCUT2D eigenvalue weighted by atomic mass is 10.0. The van der Waals surface area contributed by atoms with Gasteiger partial charge in [-0.2, -0.15) is 0 Å². The van der Waals surface area contributed by atoms with Crippen LogP contribution in [0.15, 0.2) is 30.5 Å². The van der Waals surface area contributed by atoms with Gasteiger partial charge in [0.15, 0.2) is 6.04 Å². The molecule has 2 N–H and O–H groups in total. The molecule has 36 heavy (non-hydrogen) atoms. The van der Waals surface area contributed by atoms with Gasteiger partial charge >= 0.3 is 0 Å². The molecular weight excluding hydrogens is 442 g/mol. The highest BCUT2D eigenvalue weighted by Crippen LogP contribution is 2.21. The summed E-state index contributed by atoms with van der Waals surface area (Å²) in [5.74, 6) is 0.175. The SMILES string of the molecule is CCCCCCCCCCCCCCCCCCNC(=O)C(Cc1c[nH]c2ccccc12)[N+](C)(C)C. The Morgan fingerprint density at radius 3 is 1.81 bits per heavy atom. The zero-order valence-corrected chi connectivity index (χ0v) is 24.0. The van der Waals surface area contributed by atoms with E-state index in [0.717, 1.165) is 24.9 Å². The van der Waals surface area contributed by atoms with Crippen LogP contribution < -0.4 is 5.32 Å². The van der Waals surface area contributed by atoms with Gasteiger partial charge in [0.2, 0.25) is 0 Å². The number of hydrogen-bond acceptors (Lipinski definition) is 1. The molecule has 2 aromatic rings. The maximum Gasteiger partial charge on any atom is 0.278 e. The van der Waals surface area contributed by atoms with Crippen molar-refractivity contribution < 1.29 is 9.28 Å². The third-order valence-corrected chi connectivity index (χ3v) is 7.66. The number of rotatable bonds is 21. The number of carbonyl (C=O) groups excluding carboxylic acids is 1. The standard InChI is InChI=1S/C32H55N3O/c1-5-6-7-8-9-10-11-12-13-14-15-16-17-18-19-22-25-33-32(36)31(35(2,3)4)26-28-27-34-30-24-21-20-23-29(28)30/h20-21,23-24,27,31,34H,5-19,22,25-26H2,1-4H3/p+1.